The van der Waals surface area contributed by atoms with Gasteiger partial charge in [0, 0.05) is 23.1 Å². The Morgan fingerprint density at radius 3 is 3.06 bits per heavy atom. The summed E-state index contributed by atoms with van der Waals surface area (Å²) in [5.41, 5.74) is 2.92. The van der Waals surface area contributed by atoms with Gasteiger partial charge in [0.2, 0.25) is 12.7 Å². The van der Waals surface area contributed by atoms with Crippen molar-refractivity contribution >= 4 is 50.6 Å². The highest BCUT2D eigenvalue weighted by atomic mass is 32.2. The molecule has 0 radical (unpaired) electrons. The number of amides is 1. The number of thioether (sulfide) groups is 1. The molecular weight excluding hydrogens is 458 g/mol. The Hall–Kier alpha value is -2.85. The molecule has 10 heteroatoms. The number of ether oxygens (including phenoxy) is 2. The minimum Gasteiger partial charge on any atom is -0.454 e. The Bertz CT molecular complexity index is 1400. The molecule has 0 unspecified atom stereocenters. The van der Waals surface area contributed by atoms with Gasteiger partial charge in [-0.1, -0.05) is 25.6 Å². The molecule has 0 spiro atoms. The number of carbonyl (C=O) groups excluding carboxylic acids is 1. The quantitative estimate of drug-likeness (QED) is 0.420. The van der Waals surface area contributed by atoms with Crippen molar-refractivity contribution in [1.82, 2.24) is 19.6 Å². The number of rotatable bonds is 5. The van der Waals surface area contributed by atoms with Crippen LogP contribution in [-0.4, -0.2) is 38.0 Å². The fraction of sp³-hybridized carbons (Fsp3) is 0.391. The first-order valence-electron chi connectivity index (χ1n) is 11.1. The normalized spacial score (nSPS) is 17.0. The molecule has 0 bridgehead atoms. The molecule has 1 aliphatic carbocycles. The number of hydrogen-bond donors (Lipinski definition) is 1. The van der Waals surface area contributed by atoms with Crippen LogP contribution in [0.1, 0.15) is 36.5 Å². The molecule has 3 aromatic heterocycles. The lowest BCUT2D eigenvalue weighted by atomic mass is 9.89. The predicted molar refractivity (Wildman–Crippen MR) is 129 cm³/mol. The number of carbonyl (C=O) groups is 1. The fourth-order valence-corrected chi connectivity index (χ4v) is 6.66. The Kier molecular flexibility index (Phi) is 5.14. The maximum Gasteiger partial charge on any atom is 0.234 e. The van der Waals surface area contributed by atoms with E-state index in [0.29, 0.717) is 28.3 Å². The number of benzene rings is 1. The first kappa shape index (κ1) is 20.7. The van der Waals surface area contributed by atoms with Gasteiger partial charge in [0.1, 0.15) is 10.7 Å². The molecule has 1 N–H and O–H groups in total. The van der Waals surface area contributed by atoms with Gasteiger partial charge in [-0.05, 0) is 42.9 Å². The molecule has 1 aromatic carbocycles. The van der Waals surface area contributed by atoms with E-state index in [9.17, 15) is 4.79 Å². The Labute approximate surface area is 198 Å². The van der Waals surface area contributed by atoms with Gasteiger partial charge in [0.05, 0.1) is 11.1 Å². The van der Waals surface area contributed by atoms with Crippen molar-refractivity contribution in [1.29, 1.82) is 0 Å². The van der Waals surface area contributed by atoms with E-state index in [1.807, 2.05) is 4.40 Å². The van der Waals surface area contributed by atoms with E-state index in [0.717, 1.165) is 41.0 Å². The summed E-state index contributed by atoms with van der Waals surface area (Å²) in [7, 11) is 0. The summed E-state index contributed by atoms with van der Waals surface area (Å²) in [5.74, 6) is 3.06. The van der Waals surface area contributed by atoms with Crippen molar-refractivity contribution in [2.45, 2.75) is 44.7 Å². The zero-order chi connectivity index (χ0) is 22.5. The van der Waals surface area contributed by atoms with Crippen LogP contribution in [0.3, 0.4) is 0 Å². The Morgan fingerprint density at radius 1 is 1.30 bits per heavy atom. The van der Waals surface area contributed by atoms with Crippen LogP contribution >= 0.6 is 23.1 Å². The average molecular weight is 482 g/mol. The summed E-state index contributed by atoms with van der Waals surface area (Å²) >= 11 is 3.18. The second kappa shape index (κ2) is 8.18. The summed E-state index contributed by atoms with van der Waals surface area (Å²) in [6, 6.07) is 5.37. The Morgan fingerprint density at radius 2 is 2.18 bits per heavy atom. The first-order chi connectivity index (χ1) is 16.1. The predicted octanol–water partition coefficient (Wildman–Crippen LogP) is 4.49. The Balaban J connectivity index is 1.27. The summed E-state index contributed by atoms with van der Waals surface area (Å²) < 4.78 is 12.7. The highest BCUT2D eigenvalue weighted by molar-refractivity contribution is 7.99. The molecule has 1 aliphatic heterocycles. The highest BCUT2D eigenvalue weighted by Gasteiger charge is 2.25. The zero-order valence-electron chi connectivity index (χ0n) is 18.4. The monoisotopic (exact) mass is 481 g/mol. The molecule has 4 heterocycles. The van der Waals surface area contributed by atoms with Crippen LogP contribution in [-0.2, 0) is 24.1 Å². The lowest BCUT2D eigenvalue weighted by Gasteiger charge is -2.17. The van der Waals surface area contributed by atoms with E-state index in [2.05, 4.69) is 29.4 Å². The number of thiophene rings is 1. The molecule has 0 saturated carbocycles. The molecule has 1 amide bonds. The van der Waals surface area contributed by atoms with Crippen LogP contribution in [0, 0.1) is 5.92 Å². The average Bonchev–Trinajstić information content (AvgIpc) is 3.52. The van der Waals surface area contributed by atoms with Crippen LogP contribution in [0.2, 0.25) is 0 Å². The van der Waals surface area contributed by atoms with E-state index in [1.165, 1.54) is 28.6 Å². The third-order valence-electron chi connectivity index (χ3n) is 6.14. The molecule has 33 heavy (non-hydrogen) atoms. The minimum atomic E-state index is -0.121. The van der Waals surface area contributed by atoms with Crippen molar-refractivity contribution in [2.24, 2.45) is 5.92 Å². The second-order valence-corrected chi connectivity index (χ2v) is 10.5. The summed E-state index contributed by atoms with van der Waals surface area (Å²) in [6.45, 7) is 4.61. The number of aryl methyl sites for hydroxylation is 2. The van der Waals surface area contributed by atoms with Gasteiger partial charge in [0.25, 0.3) is 0 Å². The SMILES string of the molecule is CCc1nc2sc3c(c2c2nnc(SCC(=O)Nc4ccc5c(c4)OCO5)n12)CC[C@H](C)C3. The molecule has 4 aromatic rings. The topological polar surface area (TPSA) is 90.6 Å². The largest absolute Gasteiger partial charge is 0.454 e. The van der Waals surface area contributed by atoms with Crippen LogP contribution in [0.15, 0.2) is 23.4 Å². The number of nitrogens with zero attached hydrogens (tertiary/aromatic N) is 4. The third kappa shape index (κ3) is 3.61. The van der Waals surface area contributed by atoms with Gasteiger partial charge in [-0.2, -0.15) is 0 Å². The standard InChI is InChI=1S/C23H23N5O3S2/c1-3-18-25-22-20(14-6-4-12(2)8-17(14)33-22)21-26-27-23(28(18)21)32-10-19(29)24-13-5-7-15-16(9-13)31-11-30-15/h5,7,9,12H,3-4,6,8,10-11H2,1-2H3,(H,24,29)/t12-/m0/s1. The van der Waals surface area contributed by atoms with Gasteiger partial charge in [0.15, 0.2) is 22.3 Å². The maximum absolute atomic E-state index is 12.6. The van der Waals surface area contributed by atoms with Crippen LogP contribution in [0.25, 0.3) is 15.9 Å². The van der Waals surface area contributed by atoms with Crippen LogP contribution in [0.4, 0.5) is 5.69 Å². The summed E-state index contributed by atoms with van der Waals surface area (Å²) in [5, 5.41) is 13.8. The number of anilines is 1. The lowest BCUT2D eigenvalue weighted by Crippen LogP contribution is -2.14. The lowest BCUT2D eigenvalue weighted by molar-refractivity contribution is -0.113. The maximum atomic E-state index is 12.6. The first-order valence-corrected chi connectivity index (χ1v) is 12.9. The molecule has 170 valence electrons. The van der Waals surface area contributed by atoms with Gasteiger partial charge in [-0.25, -0.2) is 4.98 Å². The zero-order valence-corrected chi connectivity index (χ0v) is 20.0. The third-order valence-corrected chi connectivity index (χ3v) is 8.22. The summed E-state index contributed by atoms with van der Waals surface area (Å²) in [6.07, 6.45) is 4.13. The second-order valence-electron chi connectivity index (χ2n) is 8.46. The van der Waals surface area contributed by atoms with E-state index in [4.69, 9.17) is 14.5 Å². The summed E-state index contributed by atoms with van der Waals surface area (Å²) in [4.78, 5) is 20.1. The molecular formula is C23H23N5O3S2. The number of nitrogens with one attached hydrogen (secondary N) is 1. The molecule has 2 aliphatic rings. The molecule has 6 rings (SSSR count). The van der Waals surface area contributed by atoms with Gasteiger partial charge in [-0.15, -0.1) is 21.5 Å². The van der Waals surface area contributed by atoms with Gasteiger partial charge in [-0.3, -0.25) is 9.20 Å². The van der Waals surface area contributed by atoms with Crippen LogP contribution < -0.4 is 14.8 Å². The van der Waals surface area contributed by atoms with Crippen LogP contribution in [0.5, 0.6) is 11.5 Å². The molecule has 0 fully saturated rings. The van der Waals surface area contributed by atoms with E-state index >= 15 is 0 Å². The number of hydrogen-bond acceptors (Lipinski definition) is 8. The van der Waals surface area contributed by atoms with Crippen molar-refractivity contribution in [2.75, 3.05) is 17.9 Å². The van der Waals surface area contributed by atoms with Gasteiger partial charge < -0.3 is 14.8 Å². The molecule has 8 nitrogen and oxygen atoms in total. The number of aromatic nitrogens is 4. The van der Waals surface area contributed by atoms with Crippen molar-refractivity contribution in [3.05, 3.63) is 34.5 Å². The molecule has 1 atom stereocenters. The molecule has 0 saturated heterocycles. The minimum absolute atomic E-state index is 0.121. The number of fused-ring (bicyclic) bond motifs is 6. The van der Waals surface area contributed by atoms with Crippen molar-refractivity contribution in [3.63, 3.8) is 0 Å². The van der Waals surface area contributed by atoms with Crippen molar-refractivity contribution in [3.8, 4) is 11.5 Å². The van der Waals surface area contributed by atoms with E-state index in [1.54, 1.807) is 29.5 Å². The van der Waals surface area contributed by atoms with Gasteiger partial charge >= 0.3 is 0 Å². The highest BCUT2D eigenvalue weighted by Crippen LogP contribution is 2.40. The van der Waals surface area contributed by atoms with E-state index < -0.39 is 0 Å². The van der Waals surface area contributed by atoms with Crippen molar-refractivity contribution < 1.29 is 14.3 Å². The van der Waals surface area contributed by atoms with E-state index in [-0.39, 0.29) is 18.5 Å². The smallest absolute Gasteiger partial charge is 0.234 e. The fourth-order valence-electron chi connectivity index (χ4n) is 4.51.